The fourth-order valence-electron chi connectivity index (χ4n) is 2.57. The lowest BCUT2D eigenvalue weighted by molar-refractivity contribution is 0.337. The van der Waals surface area contributed by atoms with Gasteiger partial charge in [0.2, 0.25) is 0 Å². The van der Waals surface area contributed by atoms with Gasteiger partial charge in [0.05, 0.1) is 5.71 Å². The van der Waals surface area contributed by atoms with Gasteiger partial charge in [-0.05, 0) is 51.1 Å². The van der Waals surface area contributed by atoms with Gasteiger partial charge >= 0.3 is 10.1 Å². The largest absolute Gasteiger partial charge is 0.358 e. The Labute approximate surface area is 157 Å². The van der Waals surface area contributed by atoms with Crippen molar-refractivity contribution in [1.29, 1.82) is 0 Å². The lowest BCUT2D eigenvalue weighted by atomic mass is 9.99. The number of nitrogens with zero attached hydrogens (tertiary/aromatic N) is 1. The second-order valence-corrected chi connectivity index (χ2v) is 10.3. The van der Waals surface area contributed by atoms with Crippen LogP contribution in [-0.2, 0) is 14.4 Å². The average Bonchev–Trinajstić information content (AvgIpc) is 2.53. The lowest BCUT2D eigenvalue weighted by Crippen LogP contribution is -2.26. The number of oxime groups is 1. The van der Waals surface area contributed by atoms with Crippen molar-refractivity contribution >= 4 is 39.2 Å². The molecule has 0 radical (unpaired) electrons. The van der Waals surface area contributed by atoms with E-state index >= 15 is 0 Å². The molecule has 1 heterocycles. The minimum atomic E-state index is -3.95. The van der Waals surface area contributed by atoms with Crippen molar-refractivity contribution in [3.8, 4) is 0 Å². The first-order chi connectivity index (χ1) is 11.7. The van der Waals surface area contributed by atoms with Crippen molar-refractivity contribution in [2.75, 3.05) is 0 Å². The van der Waals surface area contributed by atoms with Crippen molar-refractivity contribution in [3.05, 3.63) is 58.6 Å². The second kappa shape index (κ2) is 6.67. The molecule has 25 heavy (non-hydrogen) atoms. The molecule has 0 bridgehead atoms. The zero-order chi connectivity index (χ0) is 18.2. The first-order valence-electron chi connectivity index (χ1n) is 7.72. The molecule has 0 aliphatic carbocycles. The average molecular weight is 396 g/mol. The summed E-state index contributed by atoms with van der Waals surface area (Å²) in [5.74, 6) is 0. The highest BCUT2D eigenvalue weighted by Crippen LogP contribution is 2.43. The van der Waals surface area contributed by atoms with Gasteiger partial charge in [0.25, 0.3) is 0 Å². The molecule has 0 fully saturated rings. The summed E-state index contributed by atoms with van der Waals surface area (Å²) in [4.78, 5) is 1.09. The van der Waals surface area contributed by atoms with E-state index in [4.69, 9.17) is 15.9 Å². The van der Waals surface area contributed by atoms with Crippen LogP contribution < -0.4 is 0 Å². The molecular formula is C18H18ClNO3S2. The lowest BCUT2D eigenvalue weighted by Gasteiger charge is -2.31. The van der Waals surface area contributed by atoms with E-state index in [0.717, 1.165) is 16.0 Å². The topological polar surface area (TPSA) is 55.7 Å². The smallest absolute Gasteiger partial charge is 0.264 e. The summed E-state index contributed by atoms with van der Waals surface area (Å²) in [7, 11) is -3.95. The van der Waals surface area contributed by atoms with Crippen LogP contribution in [0, 0.1) is 6.92 Å². The Hall–Kier alpha value is -1.50. The van der Waals surface area contributed by atoms with E-state index in [1.165, 1.54) is 12.1 Å². The normalized spacial score (nSPS) is 18.0. The number of hydrogen-bond acceptors (Lipinski definition) is 5. The van der Waals surface area contributed by atoms with E-state index in [9.17, 15) is 8.42 Å². The molecule has 2 aromatic carbocycles. The van der Waals surface area contributed by atoms with Crippen molar-refractivity contribution in [3.63, 3.8) is 0 Å². The highest BCUT2D eigenvalue weighted by molar-refractivity contribution is 8.00. The third-order valence-corrected chi connectivity index (χ3v) is 6.42. The third-order valence-electron chi connectivity index (χ3n) is 3.79. The molecule has 1 aliphatic rings. The fraction of sp³-hybridized carbons (Fsp3) is 0.278. The zero-order valence-electron chi connectivity index (χ0n) is 14.1. The van der Waals surface area contributed by atoms with Gasteiger partial charge in [-0.2, -0.15) is 8.42 Å². The van der Waals surface area contributed by atoms with E-state index in [1.54, 1.807) is 30.0 Å². The number of benzene rings is 2. The Kier molecular flexibility index (Phi) is 4.88. The maximum absolute atomic E-state index is 12.4. The Bertz CT molecular complexity index is 935. The summed E-state index contributed by atoms with van der Waals surface area (Å²) >= 11 is 7.80. The van der Waals surface area contributed by atoms with Gasteiger partial charge in [-0.25, -0.2) is 0 Å². The highest BCUT2D eigenvalue weighted by Gasteiger charge is 2.31. The molecule has 1 aliphatic heterocycles. The van der Waals surface area contributed by atoms with Crippen LogP contribution in [0.1, 0.15) is 31.4 Å². The van der Waals surface area contributed by atoms with Crippen molar-refractivity contribution in [1.82, 2.24) is 0 Å². The van der Waals surface area contributed by atoms with Crippen LogP contribution in [0.25, 0.3) is 0 Å². The van der Waals surface area contributed by atoms with Gasteiger partial charge < -0.3 is 0 Å². The van der Waals surface area contributed by atoms with Gasteiger partial charge in [0.15, 0.2) is 0 Å². The number of thioether (sulfide) groups is 1. The Morgan fingerprint density at radius 1 is 1.16 bits per heavy atom. The molecule has 0 atom stereocenters. The minimum Gasteiger partial charge on any atom is -0.264 e. The molecule has 3 rings (SSSR count). The number of halogens is 1. The monoisotopic (exact) mass is 395 g/mol. The zero-order valence-corrected chi connectivity index (χ0v) is 16.5. The van der Waals surface area contributed by atoms with E-state index in [-0.39, 0.29) is 9.64 Å². The summed E-state index contributed by atoms with van der Waals surface area (Å²) in [6, 6.07) is 12.0. The van der Waals surface area contributed by atoms with Crippen molar-refractivity contribution < 1.29 is 12.7 Å². The number of rotatable bonds is 3. The van der Waals surface area contributed by atoms with Crippen LogP contribution in [-0.4, -0.2) is 18.9 Å². The van der Waals surface area contributed by atoms with Crippen molar-refractivity contribution in [2.24, 2.45) is 5.16 Å². The molecule has 7 heteroatoms. The summed E-state index contributed by atoms with van der Waals surface area (Å²) in [5, 5.41) is 4.57. The molecule has 132 valence electrons. The molecule has 0 spiro atoms. The Morgan fingerprint density at radius 3 is 2.52 bits per heavy atom. The van der Waals surface area contributed by atoms with E-state index in [0.29, 0.717) is 17.2 Å². The van der Waals surface area contributed by atoms with Gasteiger partial charge in [-0.3, -0.25) is 4.28 Å². The summed E-state index contributed by atoms with van der Waals surface area (Å²) in [6.07, 6.45) is 0.578. The number of hydrogen-bond donors (Lipinski definition) is 0. The molecule has 0 aromatic heterocycles. The molecular weight excluding hydrogens is 378 g/mol. The van der Waals surface area contributed by atoms with Crippen LogP contribution in [0.3, 0.4) is 0 Å². The predicted octanol–water partition coefficient (Wildman–Crippen LogP) is 5.03. The highest BCUT2D eigenvalue weighted by atomic mass is 35.5. The maximum atomic E-state index is 12.4. The standard InChI is InChI=1S/C18H18ClNO3S2/c1-12-4-7-14(8-5-12)25(21,22)23-20-16-11-18(2,3)24-17-9-6-13(19)10-15(16)17/h4-10H,11H2,1-3H3/b20-16+. The molecule has 0 amide bonds. The van der Waals surface area contributed by atoms with Crippen molar-refractivity contribution in [2.45, 2.75) is 41.7 Å². The summed E-state index contributed by atoms with van der Waals surface area (Å²) < 4.78 is 29.6. The number of fused-ring (bicyclic) bond motifs is 1. The maximum Gasteiger partial charge on any atom is 0.358 e. The third kappa shape index (κ3) is 4.19. The predicted molar refractivity (Wildman–Crippen MR) is 102 cm³/mol. The quantitative estimate of drug-likeness (QED) is 0.683. The van der Waals surface area contributed by atoms with E-state index in [1.807, 2.05) is 19.1 Å². The van der Waals surface area contributed by atoms with Crippen LogP contribution in [0.2, 0.25) is 5.02 Å². The first-order valence-corrected chi connectivity index (χ1v) is 10.3. The van der Waals surface area contributed by atoms with Gasteiger partial charge in [-0.15, -0.1) is 11.8 Å². The summed E-state index contributed by atoms with van der Waals surface area (Å²) in [5.41, 5.74) is 2.37. The number of aryl methyl sites for hydroxylation is 1. The molecule has 0 N–H and O–H groups in total. The molecule has 0 unspecified atom stereocenters. The van der Waals surface area contributed by atoms with E-state index in [2.05, 4.69) is 19.0 Å². The molecule has 0 saturated carbocycles. The Morgan fingerprint density at radius 2 is 1.84 bits per heavy atom. The van der Waals surface area contributed by atoms with Crippen LogP contribution in [0.5, 0.6) is 0 Å². The van der Waals surface area contributed by atoms with Gasteiger partial charge in [0.1, 0.15) is 4.90 Å². The van der Waals surface area contributed by atoms with Crippen LogP contribution in [0.4, 0.5) is 0 Å². The Balaban J connectivity index is 1.95. The fourth-order valence-corrected chi connectivity index (χ4v) is 4.72. The van der Waals surface area contributed by atoms with Crippen LogP contribution >= 0.6 is 23.4 Å². The van der Waals surface area contributed by atoms with Gasteiger partial charge in [-0.1, -0.05) is 34.5 Å². The second-order valence-electron chi connectivity index (χ2n) is 6.56. The summed E-state index contributed by atoms with van der Waals surface area (Å²) in [6.45, 7) is 6.05. The molecule has 2 aromatic rings. The van der Waals surface area contributed by atoms with Gasteiger partial charge in [0, 0.05) is 26.6 Å². The molecule has 4 nitrogen and oxygen atoms in total. The first kappa shape index (κ1) is 18.3. The molecule has 0 saturated heterocycles. The van der Waals surface area contributed by atoms with E-state index < -0.39 is 10.1 Å². The SMILES string of the molecule is Cc1ccc(S(=O)(=O)O/N=C2\CC(C)(C)Sc3ccc(Cl)cc32)cc1. The van der Waals surface area contributed by atoms with Crippen LogP contribution in [0.15, 0.2) is 57.4 Å². The minimum absolute atomic E-state index is 0.0817.